The largest absolute Gasteiger partial charge is 0.508 e. The quantitative estimate of drug-likeness (QED) is 0.772. The Bertz CT molecular complexity index is 414. The van der Waals surface area contributed by atoms with Crippen molar-refractivity contribution in [2.24, 2.45) is 11.8 Å². The van der Waals surface area contributed by atoms with Gasteiger partial charge in [0.25, 0.3) is 0 Å². The Morgan fingerprint density at radius 3 is 2.63 bits per heavy atom. The second-order valence-electron chi connectivity index (χ2n) is 6.35. The Hall–Kier alpha value is -1.18. The average Bonchev–Trinajstić information content (AvgIpc) is 2.59. The van der Waals surface area contributed by atoms with Gasteiger partial charge in [0.15, 0.2) is 0 Å². The number of phenolic OH excluding ortho intramolecular Hbond substituents is 1. The second kappa shape index (κ2) is 6.31. The summed E-state index contributed by atoms with van der Waals surface area (Å²) in [7, 11) is 0. The summed E-state index contributed by atoms with van der Waals surface area (Å²) in [6, 6.07) is 6.46. The van der Waals surface area contributed by atoms with Crippen molar-refractivity contribution >= 4 is 5.69 Å². The third kappa shape index (κ3) is 3.89. The highest BCUT2D eigenvalue weighted by molar-refractivity contribution is 5.51. The van der Waals surface area contributed by atoms with Crippen LogP contribution in [0.1, 0.15) is 51.5 Å². The zero-order valence-corrected chi connectivity index (χ0v) is 12.4. The van der Waals surface area contributed by atoms with Gasteiger partial charge in [0.1, 0.15) is 5.75 Å². The van der Waals surface area contributed by atoms with Gasteiger partial charge in [-0.25, -0.2) is 0 Å². The van der Waals surface area contributed by atoms with Crippen LogP contribution in [-0.2, 0) is 0 Å². The Morgan fingerprint density at radius 2 is 1.95 bits per heavy atom. The summed E-state index contributed by atoms with van der Waals surface area (Å²) >= 11 is 0. The van der Waals surface area contributed by atoms with Gasteiger partial charge in [0.05, 0.1) is 0 Å². The summed E-state index contributed by atoms with van der Waals surface area (Å²) in [5.41, 5.74) is 1.99. The Kier molecular flexibility index (Phi) is 4.73. The molecular formula is C17H27NO. The first kappa shape index (κ1) is 14.2. The smallest absolute Gasteiger partial charge is 0.120 e. The molecule has 0 spiro atoms. The number of aromatic hydroxyl groups is 1. The summed E-state index contributed by atoms with van der Waals surface area (Å²) in [5.74, 6) is 2.08. The van der Waals surface area contributed by atoms with Crippen molar-refractivity contribution in [2.75, 3.05) is 5.32 Å². The maximum Gasteiger partial charge on any atom is 0.120 e. The van der Waals surface area contributed by atoms with E-state index in [1.807, 2.05) is 19.1 Å². The van der Waals surface area contributed by atoms with Gasteiger partial charge in [-0.15, -0.1) is 0 Å². The Morgan fingerprint density at radius 1 is 1.16 bits per heavy atom. The van der Waals surface area contributed by atoms with Crippen molar-refractivity contribution in [3.05, 3.63) is 23.8 Å². The Balaban J connectivity index is 1.94. The number of hydrogen-bond donors (Lipinski definition) is 2. The van der Waals surface area contributed by atoms with E-state index in [1.54, 1.807) is 0 Å². The van der Waals surface area contributed by atoms with Crippen molar-refractivity contribution in [3.63, 3.8) is 0 Å². The molecular weight excluding hydrogens is 234 g/mol. The third-order valence-electron chi connectivity index (χ3n) is 4.54. The van der Waals surface area contributed by atoms with E-state index in [0.29, 0.717) is 11.8 Å². The van der Waals surface area contributed by atoms with Gasteiger partial charge in [0.2, 0.25) is 0 Å². The number of anilines is 1. The van der Waals surface area contributed by atoms with Crippen LogP contribution in [0, 0.1) is 18.8 Å². The normalized spacial score (nSPS) is 24.2. The van der Waals surface area contributed by atoms with Crippen LogP contribution in [0.3, 0.4) is 0 Å². The molecule has 1 saturated carbocycles. The summed E-state index contributed by atoms with van der Waals surface area (Å²) in [6.07, 6.45) is 6.51. The molecule has 2 rings (SSSR count). The SMILES string of the molecule is Cc1ccc(NC2CCCC(C(C)C)CC2)cc1O. The molecule has 0 aliphatic heterocycles. The fourth-order valence-electron chi connectivity index (χ4n) is 3.08. The topological polar surface area (TPSA) is 32.3 Å². The number of phenols is 1. The predicted octanol–water partition coefficient (Wildman–Crippen LogP) is 4.72. The average molecular weight is 261 g/mol. The molecule has 2 nitrogen and oxygen atoms in total. The van der Waals surface area contributed by atoms with E-state index in [9.17, 15) is 5.11 Å². The Labute approximate surface area is 117 Å². The van der Waals surface area contributed by atoms with Crippen molar-refractivity contribution in [1.82, 2.24) is 0 Å². The number of aryl methyl sites for hydroxylation is 1. The zero-order chi connectivity index (χ0) is 13.8. The van der Waals surface area contributed by atoms with Crippen LogP contribution in [-0.4, -0.2) is 11.1 Å². The maximum atomic E-state index is 9.76. The zero-order valence-electron chi connectivity index (χ0n) is 12.4. The lowest BCUT2D eigenvalue weighted by atomic mass is 9.89. The third-order valence-corrected chi connectivity index (χ3v) is 4.54. The highest BCUT2D eigenvalue weighted by Gasteiger charge is 2.20. The fraction of sp³-hybridized carbons (Fsp3) is 0.647. The van der Waals surface area contributed by atoms with Gasteiger partial charge in [0, 0.05) is 17.8 Å². The summed E-state index contributed by atoms with van der Waals surface area (Å²) in [5, 5.41) is 13.3. The van der Waals surface area contributed by atoms with Gasteiger partial charge in [-0.1, -0.05) is 32.8 Å². The number of hydrogen-bond acceptors (Lipinski definition) is 2. The molecule has 0 aromatic heterocycles. The predicted molar refractivity (Wildman–Crippen MR) is 81.7 cm³/mol. The molecule has 1 aliphatic rings. The molecule has 2 unspecified atom stereocenters. The number of rotatable bonds is 3. The lowest BCUT2D eigenvalue weighted by Crippen LogP contribution is -2.18. The fourth-order valence-corrected chi connectivity index (χ4v) is 3.08. The van der Waals surface area contributed by atoms with Crippen LogP contribution in [0.25, 0.3) is 0 Å². The number of nitrogens with one attached hydrogen (secondary N) is 1. The highest BCUT2D eigenvalue weighted by atomic mass is 16.3. The lowest BCUT2D eigenvalue weighted by Gasteiger charge is -2.20. The van der Waals surface area contributed by atoms with Crippen LogP contribution >= 0.6 is 0 Å². The summed E-state index contributed by atoms with van der Waals surface area (Å²) < 4.78 is 0. The first-order valence-electron chi connectivity index (χ1n) is 7.62. The van der Waals surface area contributed by atoms with E-state index in [-0.39, 0.29) is 0 Å². The van der Waals surface area contributed by atoms with Crippen LogP contribution in [0.4, 0.5) is 5.69 Å². The minimum Gasteiger partial charge on any atom is -0.508 e. The molecule has 1 aromatic carbocycles. The van der Waals surface area contributed by atoms with Crippen molar-refractivity contribution in [2.45, 2.75) is 58.9 Å². The highest BCUT2D eigenvalue weighted by Crippen LogP contribution is 2.30. The second-order valence-corrected chi connectivity index (χ2v) is 6.35. The standard InChI is InChI=1S/C17H27NO/c1-12(2)14-5-4-6-15(10-8-14)18-16-9-7-13(3)17(19)11-16/h7,9,11-12,14-15,18-19H,4-6,8,10H2,1-3H3. The first-order valence-corrected chi connectivity index (χ1v) is 7.62. The molecule has 2 heteroatoms. The van der Waals surface area contributed by atoms with E-state index < -0.39 is 0 Å². The molecule has 1 fully saturated rings. The molecule has 0 radical (unpaired) electrons. The van der Waals surface area contributed by atoms with Gasteiger partial charge in [-0.3, -0.25) is 0 Å². The van der Waals surface area contributed by atoms with Gasteiger partial charge in [-0.05, 0) is 49.7 Å². The minimum atomic E-state index is 0.388. The van der Waals surface area contributed by atoms with E-state index in [1.165, 1.54) is 32.1 Å². The monoisotopic (exact) mass is 261 g/mol. The van der Waals surface area contributed by atoms with Crippen molar-refractivity contribution < 1.29 is 5.11 Å². The van der Waals surface area contributed by atoms with Gasteiger partial charge < -0.3 is 10.4 Å². The van der Waals surface area contributed by atoms with Crippen LogP contribution < -0.4 is 5.32 Å². The molecule has 0 heterocycles. The maximum absolute atomic E-state index is 9.76. The molecule has 2 N–H and O–H groups in total. The molecule has 0 bridgehead atoms. The first-order chi connectivity index (χ1) is 9.06. The molecule has 2 atom stereocenters. The van der Waals surface area contributed by atoms with E-state index in [0.717, 1.165) is 23.1 Å². The molecule has 1 aromatic rings. The summed E-state index contributed by atoms with van der Waals surface area (Å²) in [4.78, 5) is 0. The molecule has 0 amide bonds. The van der Waals surface area contributed by atoms with E-state index in [4.69, 9.17) is 0 Å². The van der Waals surface area contributed by atoms with Crippen LogP contribution in [0.5, 0.6) is 5.75 Å². The van der Waals surface area contributed by atoms with Gasteiger partial charge in [-0.2, -0.15) is 0 Å². The van der Waals surface area contributed by atoms with Crippen molar-refractivity contribution in [3.8, 4) is 5.75 Å². The molecule has 19 heavy (non-hydrogen) atoms. The lowest BCUT2D eigenvalue weighted by molar-refractivity contribution is 0.341. The van der Waals surface area contributed by atoms with Crippen LogP contribution in [0.2, 0.25) is 0 Å². The number of benzene rings is 1. The van der Waals surface area contributed by atoms with Crippen LogP contribution in [0.15, 0.2) is 18.2 Å². The van der Waals surface area contributed by atoms with E-state index in [2.05, 4.69) is 25.2 Å². The summed E-state index contributed by atoms with van der Waals surface area (Å²) in [6.45, 7) is 6.62. The van der Waals surface area contributed by atoms with Crippen molar-refractivity contribution in [1.29, 1.82) is 0 Å². The molecule has 1 aliphatic carbocycles. The van der Waals surface area contributed by atoms with E-state index >= 15 is 0 Å². The van der Waals surface area contributed by atoms with Gasteiger partial charge >= 0.3 is 0 Å². The molecule has 0 saturated heterocycles. The minimum absolute atomic E-state index is 0.388. The molecule has 106 valence electrons.